The van der Waals surface area contributed by atoms with Crippen LogP contribution in [0.15, 0.2) is 47.4 Å². The topological polar surface area (TPSA) is 41.5 Å². The third-order valence-corrected chi connectivity index (χ3v) is 4.33. The van der Waals surface area contributed by atoms with Gasteiger partial charge in [0.05, 0.1) is 13.7 Å². The summed E-state index contributed by atoms with van der Waals surface area (Å²) in [7, 11) is 1.70. The second-order valence-corrected chi connectivity index (χ2v) is 5.94. The van der Waals surface area contributed by atoms with Crippen molar-refractivity contribution in [1.29, 1.82) is 0 Å². The van der Waals surface area contributed by atoms with E-state index in [2.05, 4.69) is 35.8 Å². The highest BCUT2D eigenvalue weighted by atomic mass is 32.2. The Morgan fingerprint density at radius 3 is 2.36 bits per heavy atom. The lowest BCUT2D eigenvalue weighted by Gasteiger charge is -2.10. The van der Waals surface area contributed by atoms with Gasteiger partial charge < -0.3 is 15.2 Å². The molecular formula is C18H23NO2S. The second kappa shape index (κ2) is 8.83. The lowest BCUT2D eigenvalue weighted by molar-refractivity contribution is 0.282. The minimum Gasteiger partial charge on any atom is -0.496 e. The second-order valence-electron chi connectivity index (χ2n) is 5.09. The number of rotatable bonds is 8. The first kappa shape index (κ1) is 16.9. The summed E-state index contributed by atoms with van der Waals surface area (Å²) in [6.07, 6.45) is 3.04. The van der Waals surface area contributed by atoms with Crippen LogP contribution in [0, 0.1) is 0 Å². The van der Waals surface area contributed by atoms with Crippen molar-refractivity contribution in [2.24, 2.45) is 0 Å². The van der Waals surface area contributed by atoms with Crippen molar-refractivity contribution in [3.63, 3.8) is 0 Å². The van der Waals surface area contributed by atoms with Crippen LogP contribution in [0.5, 0.6) is 5.75 Å². The SMILES string of the molecule is COc1ccc(CNCCc2ccc(CO)cc2)cc1SC. The minimum absolute atomic E-state index is 0.105. The predicted molar refractivity (Wildman–Crippen MR) is 92.6 cm³/mol. The van der Waals surface area contributed by atoms with Crippen LogP contribution < -0.4 is 10.1 Å². The Bertz CT molecular complexity index is 584. The Morgan fingerprint density at radius 1 is 1.05 bits per heavy atom. The molecule has 4 heteroatoms. The van der Waals surface area contributed by atoms with Gasteiger partial charge in [-0.05, 0) is 48.0 Å². The van der Waals surface area contributed by atoms with Gasteiger partial charge in [0.2, 0.25) is 0 Å². The molecule has 0 aliphatic heterocycles. The molecule has 3 nitrogen and oxygen atoms in total. The molecule has 0 heterocycles. The fourth-order valence-corrected chi connectivity index (χ4v) is 2.89. The molecule has 0 aromatic heterocycles. The molecule has 0 radical (unpaired) electrons. The van der Waals surface area contributed by atoms with Crippen molar-refractivity contribution in [3.8, 4) is 5.75 Å². The number of benzene rings is 2. The molecule has 2 rings (SSSR count). The maximum absolute atomic E-state index is 9.03. The maximum Gasteiger partial charge on any atom is 0.132 e. The van der Waals surface area contributed by atoms with Crippen LogP contribution in [0.2, 0.25) is 0 Å². The molecule has 22 heavy (non-hydrogen) atoms. The predicted octanol–water partition coefficient (Wildman–Crippen LogP) is 3.24. The van der Waals surface area contributed by atoms with Crippen molar-refractivity contribution < 1.29 is 9.84 Å². The zero-order valence-corrected chi connectivity index (χ0v) is 14.0. The summed E-state index contributed by atoms with van der Waals surface area (Å²) in [5.74, 6) is 0.931. The number of aliphatic hydroxyl groups excluding tert-OH is 1. The molecule has 0 fully saturated rings. The molecule has 0 bridgehead atoms. The number of nitrogens with one attached hydrogen (secondary N) is 1. The summed E-state index contributed by atoms with van der Waals surface area (Å²) in [5.41, 5.74) is 3.50. The molecule has 0 saturated carbocycles. The minimum atomic E-state index is 0.105. The van der Waals surface area contributed by atoms with Crippen molar-refractivity contribution in [2.45, 2.75) is 24.5 Å². The standard InChI is InChI=1S/C18H23NO2S/c1-21-17-8-7-16(11-18(17)22-2)12-19-10-9-14-3-5-15(13-20)6-4-14/h3-8,11,19-20H,9-10,12-13H2,1-2H3. The first-order valence-electron chi connectivity index (χ1n) is 7.37. The van der Waals surface area contributed by atoms with Crippen LogP contribution in [-0.4, -0.2) is 25.0 Å². The van der Waals surface area contributed by atoms with Crippen LogP contribution in [0.3, 0.4) is 0 Å². The molecule has 2 N–H and O–H groups in total. The zero-order chi connectivity index (χ0) is 15.8. The molecule has 0 aliphatic rings. The molecular weight excluding hydrogens is 294 g/mol. The number of methoxy groups -OCH3 is 1. The molecule has 2 aromatic carbocycles. The van der Waals surface area contributed by atoms with Crippen LogP contribution >= 0.6 is 11.8 Å². The maximum atomic E-state index is 9.03. The normalized spacial score (nSPS) is 10.7. The van der Waals surface area contributed by atoms with Crippen LogP contribution in [0.4, 0.5) is 0 Å². The summed E-state index contributed by atoms with van der Waals surface area (Å²) in [5, 5.41) is 12.5. The highest BCUT2D eigenvalue weighted by molar-refractivity contribution is 7.98. The number of hydrogen-bond donors (Lipinski definition) is 2. The van der Waals surface area contributed by atoms with E-state index < -0.39 is 0 Å². The van der Waals surface area contributed by atoms with Gasteiger partial charge >= 0.3 is 0 Å². The van der Waals surface area contributed by atoms with E-state index in [9.17, 15) is 0 Å². The average Bonchev–Trinajstić information content (AvgIpc) is 2.59. The first-order valence-corrected chi connectivity index (χ1v) is 8.59. The average molecular weight is 317 g/mol. The Hall–Kier alpha value is -1.49. The molecule has 0 atom stereocenters. The van der Waals surface area contributed by atoms with Gasteiger partial charge in [-0.1, -0.05) is 30.3 Å². The molecule has 0 spiro atoms. The zero-order valence-electron chi connectivity index (χ0n) is 13.1. The van der Waals surface area contributed by atoms with Crippen LogP contribution in [0.25, 0.3) is 0 Å². The summed E-state index contributed by atoms with van der Waals surface area (Å²) >= 11 is 1.70. The highest BCUT2D eigenvalue weighted by Crippen LogP contribution is 2.28. The number of ether oxygens (including phenoxy) is 1. The van der Waals surface area contributed by atoms with Crippen LogP contribution in [-0.2, 0) is 19.6 Å². The van der Waals surface area contributed by atoms with Crippen molar-refractivity contribution in [1.82, 2.24) is 5.32 Å². The van der Waals surface area contributed by atoms with E-state index in [4.69, 9.17) is 9.84 Å². The molecule has 0 amide bonds. The van der Waals surface area contributed by atoms with Gasteiger partial charge in [0.1, 0.15) is 5.75 Å². The Morgan fingerprint density at radius 2 is 1.73 bits per heavy atom. The fourth-order valence-electron chi connectivity index (χ4n) is 2.27. The van der Waals surface area contributed by atoms with E-state index in [-0.39, 0.29) is 6.61 Å². The monoisotopic (exact) mass is 317 g/mol. The molecule has 0 unspecified atom stereocenters. The van der Waals surface area contributed by atoms with Gasteiger partial charge in [-0.2, -0.15) is 0 Å². The van der Waals surface area contributed by atoms with Gasteiger partial charge in [0.25, 0.3) is 0 Å². The third-order valence-electron chi connectivity index (χ3n) is 3.57. The van der Waals surface area contributed by atoms with E-state index in [1.807, 2.05) is 18.2 Å². The lowest BCUT2D eigenvalue weighted by atomic mass is 10.1. The molecule has 2 aromatic rings. The smallest absolute Gasteiger partial charge is 0.132 e. The van der Waals surface area contributed by atoms with Crippen molar-refractivity contribution in [2.75, 3.05) is 19.9 Å². The quantitative estimate of drug-likeness (QED) is 0.579. The fraction of sp³-hybridized carbons (Fsp3) is 0.333. The first-order chi connectivity index (χ1) is 10.8. The van der Waals surface area contributed by atoms with Gasteiger partial charge in [-0.15, -0.1) is 11.8 Å². The van der Waals surface area contributed by atoms with Crippen molar-refractivity contribution in [3.05, 3.63) is 59.2 Å². The highest BCUT2D eigenvalue weighted by Gasteiger charge is 2.03. The van der Waals surface area contributed by atoms with E-state index in [0.29, 0.717) is 0 Å². The van der Waals surface area contributed by atoms with E-state index in [1.165, 1.54) is 16.0 Å². The van der Waals surface area contributed by atoms with Crippen molar-refractivity contribution >= 4 is 11.8 Å². The van der Waals surface area contributed by atoms with E-state index in [0.717, 1.165) is 30.8 Å². The molecule has 0 aliphatic carbocycles. The summed E-state index contributed by atoms with van der Waals surface area (Å²) < 4.78 is 5.33. The van der Waals surface area contributed by atoms with E-state index >= 15 is 0 Å². The van der Waals surface area contributed by atoms with Gasteiger partial charge in [0, 0.05) is 11.4 Å². The Kier molecular flexibility index (Phi) is 6.77. The number of hydrogen-bond acceptors (Lipinski definition) is 4. The third kappa shape index (κ3) is 4.77. The summed E-state index contributed by atoms with van der Waals surface area (Å²) in [6.45, 7) is 1.89. The largest absolute Gasteiger partial charge is 0.496 e. The van der Waals surface area contributed by atoms with Gasteiger partial charge in [0.15, 0.2) is 0 Å². The molecule has 118 valence electrons. The summed E-state index contributed by atoms with van der Waals surface area (Å²) in [6, 6.07) is 14.4. The number of aliphatic hydroxyl groups is 1. The Labute approximate surface area is 136 Å². The molecule has 0 saturated heterocycles. The van der Waals surface area contributed by atoms with E-state index in [1.54, 1.807) is 18.9 Å². The lowest BCUT2D eigenvalue weighted by Crippen LogP contribution is -2.16. The van der Waals surface area contributed by atoms with Gasteiger partial charge in [-0.3, -0.25) is 0 Å². The van der Waals surface area contributed by atoms with Crippen LogP contribution in [0.1, 0.15) is 16.7 Å². The summed E-state index contributed by atoms with van der Waals surface area (Å²) in [4.78, 5) is 1.17. The number of thioether (sulfide) groups is 1. The van der Waals surface area contributed by atoms with Gasteiger partial charge in [-0.25, -0.2) is 0 Å². The Balaban J connectivity index is 1.80.